The van der Waals surface area contributed by atoms with Crippen molar-refractivity contribution in [3.8, 4) is 5.69 Å². The van der Waals surface area contributed by atoms with Crippen molar-refractivity contribution < 1.29 is 28.7 Å². The molecule has 6 rings (SSSR count). The van der Waals surface area contributed by atoms with Gasteiger partial charge in [0.25, 0.3) is 11.8 Å². The summed E-state index contributed by atoms with van der Waals surface area (Å²) in [5.74, 6) is -3.17. The number of aromatic nitrogens is 2. The van der Waals surface area contributed by atoms with Gasteiger partial charge in [0.15, 0.2) is 5.82 Å². The Kier molecular flexibility index (Phi) is 8.09. The van der Waals surface area contributed by atoms with Crippen LogP contribution in [0.3, 0.4) is 0 Å². The van der Waals surface area contributed by atoms with Gasteiger partial charge >= 0.3 is 5.97 Å². The predicted molar refractivity (Wildman–Crippen MR) is 169 cm³/mol. The van der Waals surface area contributed by atoms with Crippen molar-refractivity contribution in [3.05, 3.63) is 100.0 Å². The number of carbonyl (C=O) groups is 4. The number of hydrogen-bond donors (Lipinski definition) is 3. The average molecular weight is 646 g/mol. The first-order valence-electron chi connectivity index (χ1n) is 14.4. The third kappa shape index (κ3) is 5.49. The zero-order valence-electron chi connectivity index (χ0n) is 24.6. The molecule has 4 N–H and O–H groups in total. The quantitative estimate of drug-likeness (QED) is 0.287. The van der Waals surface area contributed by atoms with Gasteiger partial charge in [-0.05, 0) is 60.0 Å². The van der Waals surface area contributed by atoms with Gasteiger partial charge in [0, 0.05) is 38.1 Å². The molecule has 0 bridgehead atoms. The molecule has 236 valence electrons. The SMILES string of the molecule is CN1CCN(c2cccc3c2CCN(C(=O)c2cnn(-c4cccc(Cl)c4F)c2N)C3C(=O)Nc2ccc(C(=O)O)cc2)CC1=O. The lowest BCUT2D eigenvalue weighted by molar-refractivity contribution is -0.129. The molecular weight excluding hydrogens is 617 g/mol. The van der Waals surface area contributed by atoms with Crippen LogP contribution in [-0.4, -0.2) is 81.6 Å². The Bertz CT molecular complexity index is 1880. The van der Waals surface area contributed by atoms with Gasteiger partial charge in [-0.1, -0.05) is 29.8 Å². The van der Waals surface area contributed by atoms with Crippen molar-refractivity contribution in [2.75, 3.05) is 49.2 Å². The molecule has 12 nitrogen and oxygen atoms in total. The third-order valence-electron chi connectivity index (χ3n) is 8.30. The molecule has 2 aliphatic rings. The van der Waals surface area contributed by atoms with Crippen LogP contribution in [0.15, 0.2) is 66.9 Å². The highest BCUT2D eigenvalue weighted by atomic mass is 35.5. The Labute approximate surface area is 267 Å². The Morgan fingerprint density at radius 3 is 2.46 bits per heavy atom. The number of likely N-dealkylation sites (N-methyl/N-ethyl adjacent to an activating group) is 1. The van der Waals surface area contributed by atoms with Crippen LogP contribution in [0.25, 0.3) is 5.69 Å². The Morgan fingerprint density at radius 1 is 1.02 bits per heavy atom. The first-order chi connectivity index (χ1) is 22.0. The highest BCUT2D eigenvalue weighted by Gasteiger charge is 2.39. The standard InChI is InChI=1S/C32H29ClFN7O5/c1-38-14-15-39(17-26(38)42)24-6-2-4-21-20(24)12-13-40(28(21)30(43)37-19-10-8-18(9-11-19)32(45)46)31(44)22-16-36-41(29(22)35)25-7-3-5-23(33)27(25)34/h2-11,16,28H,12-15,17,35H2,1H3,(H,37,43)(H,45,46). The second-order valence-corrected chi connectivity index (χ2v) is 11.4. The number of carboxylic acids is 1. The van der Waals surface area contributed by atoms with Crippen molar-refractivity contribution in [3.63, 3.8) is 0 Å². The first-order valence-corrected chi connectivity index (χ1v) is 14.8. The van der Waals surface area contributed by atoms with Crippen LogP contribution in [0, 0.1) is 5.82 Å². The molecule has 2 aliphatic heterocycles. The summed E-state index contributed by atoms with van der Waals surface area (Å²) in [4.78, 5) is 57.1. The number of halogens is 2. The van der Waals surface area contributed by atoms with E-state index in [-0.39, 0.29) is 46.7 Å². The zero-order valence-corrected chi connectivity index (χ0v) is 25.4. The molecule has 3 heterocycles. The summed E-state index contributed by atoms with van der Waals surface area (Å²) in [5.41, 5.74) is 8.84. The van der Waals surface area contributed by atoms with Gasteiger partial charge in [-0.15, -0.1) is 0 Å². The second kappa shape index (κ2) is 12.2. The molecule has 4 aromatic rings. The van der Waals surface area contributed by atoms with Crippen LogP contribution in [-0.2, 0) is 16.0 Å². The summed E-state index contributed by atoms with van der Waals surface area (Å²) in [5, 5.41) is 16.1. The van der Waals surface area contributed by atoms with Crippen molar-refractivity contribution >= 4 is 52.5 Å². The molecule has 1 fully saturated rings. The number of aromatic carboxylic acids is 1. The van der Waals surface area contributed by atoms with E-state index in [1.165, 1.54) is 53.6 Å². The van der Waals surface area contributed by atoms with Gasteiger partial charge in [0.05, 0.1) is 23.3 Å². The molecule has 1 saturated heterocycles. The Morgan fingerprint density at radius 2 is 1.74 bits per heavy atom. The molecule has 0 spiro atoms. The van der Waals surface area contributed by atoms with E-state index >= 15 is 0 Å². The predicted octanol–water partition coefficient (Wildman–Crippen LogP) is 3.60. The Balaban J connectivity index is 1.38. The molecule has 3 amide bonds. The first kappa shape index (κ1) is 30.6. The van der Waals surface area contributed by atoms with Crippen molar-refractivity contribution in [2.45, 2.75) is 12.5 Å². The fourth-order valence-corrected chi connectivity index (χ4v) is 6.01. The summed E-state index contributed by atoms with van der Waals surface area (Å²) >= 11 is 5.95. The van der Waals surface area contributed by atoms with Crippen LogP contribution < -0.4 is 16.0 Å². The number of nitrogens with one attached hydrogen (secondary N) is 1. The maximum Gasteiger partial charge on any atom is 0.335 e. The number of rotatable bonds is 6. The lowest BCUT2D eigenvalue weighted by atomic mass is 9.89. The van der Waals surface area contributed by atoms with Gasteiger partial charge in [0.2, 0.25) is 5.91 Å². The number of nitrogens with two attached hydrogens (primary N) is 1. The maximum atomic E-state index is 14.8. The summed E-state index contributed by atoms with van der Waals surface area (Å²) in [6, 6.07) is 14.3. The third-order valence-corrected chi connectivity index (χ3v) is 8.59. The van der Waals surface area contributed by atoms with E-state index in [0.717, 1.165) is 15.9 Å². The minimum absolute atomic E-state index is 0.0285. The van der Waals surface area contributed by atoms with Crippen LogP contribution in [0.4, 0.5) is 21.6 Å². The molecule has 14 heteroatoms. The zero-order chi connectivity index (χ0) is 32.7. The number of benzene rings is 3. The fraction of sp³-hybridized carbons (Fsp3) is 0.219. The van der Waals surface area contributed by atoms with Gasteiger partial charge in [-0.3, -0.25) is 14.4 Å². The summed E-state index contributed by atoms with van der Waals surface area (Å²) < 4.78 is 15.9. The molecule has 46 heavy (non-hydrogen) atoms. The molecular formula is C32H29ClFN7O5. The minimum atomic E-state index is -1.14. The average Bonchev–Trinajstić information content (AvgIpc) is 3.43. The number of nitrogens with zero attached hydrogens (tertiary/aromatic N) is 5. The van der Waals surface area contributed by atoms with Crippen LogP contribution in [0.5, 0.6) is 0 Å². The highest BCUT2D eigenvalue weighted by Crippen LogP contribution is 2.38. The molecule has 0 aliphatic carbocycles. The van der Waals surface area contributed by atoms with Crippen LogP contribution in [0.1, 0.15) is 37.9 Å². The monoisotopic (exact) mass is 645 g/mol. The summed E-state index contributed by atoms with van der Waals surface area (Å²) in [6.07, 6.45) is 1.60. The van der Waals surface area contributed by atoms with E-state index in [2.05, 4.69) is 10.4 Å². The number of piperazine rings is 1. The van der Waals surface area contributed by atoms with E-state index < -0.39 is 29.6 Å². The summed E-state index contributed by atoms with van der Waals surface area (Å²) in [7, 11) is 1.75. The van der Waals surface area contributed by atoms with E-state index in [1.54, 1.807) is 24.1 Å². The smallest absolute Gasteiger partial charge is 0.335 e. The topological polar surface area (TPSA) is 154 Å². The number of carboxylic acid groups (broad SMARTS) is 1. The van der Waals surface area contributed by atoms with Crippen molar-refractivity contribution in [2.24, 2.45) is 0 Å². The molecule has 1 unspecified atom stereocenters. The number of fused-ring (bicyclic) bond motifs is 1. The largest absolute Gasteiger partial charge is 0.478 e. The van der Waals surface area contributed by atoms with Gasteiger partial charge in [-0.25, -0.2) is 13.9 Å². The molecule has 1 aromatic heterocycles. The second-order valence-electron chi connectivity index (χ2n) is 11.0. The van der Waals surface area contributed by atoms with Gasteiger partial charge in [0.1, 0.15) is 23.1 Å². The Hall–Kier alpha value is -5.43. The number of nitrogen functional groups attached to an aromatic ring is 1. The van der Waals surface area contributed by atoms with E-state index in [0.29, 0.717) is 30.8 Å². The van der Waals surface area contributed by atoms with Crippen LogP contribution in [0.2, 0.25) is 5.02 Å². The number of hydrogen-bond acceptors (Lipinski definition) is 7. The number of carbonyl (C=O) groups excluding carboxylic acids is 3. The molecule has 0 radical (unpaired) electrons. The number of anilines is 3. The maximum absolute atomic E-state index is 14.8. The van der Waals surface area contributed by atoms with Gasteiger partial charge < -0.3 is 30.9 Å². The number of amides is 3. The van der Waals surface area contributed by atoms with E-state index in [1.807, 2.05) is 11.0 Å². The van der Waals surface area contributed by atoms with Gasteiger partial charge in [-0.2, -0.15) is 5.10 Å². The summed E-state index contributed by atoms with van der Waals surface area (Å²) in [6.45, 7) is 1.44. The lowest BCUT2D eigenvalue weighted by Crippen LogP contribution is -2.50. The molecule has 3 aromatic carbocycles. The highest BCUT2D eigenvalue weighted by molar-refractivity contribution is 6.30. The minimum Gasteiger partial charge on any atom is -0.478 e. The fourth-order valence-electron chi connectivity index (χ4n) is 5.84. The molecule has 1 atom stereocenters. The normalized spacial score (nSPS) is 16.3. The van der Waals surface area contributed by atoms with Crippen LogP contribution >= 0.6 is 11.6 Å². The molecule has 0 saturated carbocycles. The van der Waals surface area contributed by atoms with E-state index in [4.69, 9.17) is 17.3 Å². The lowest BCUT2D eigenvalue weighted by Gasteiger charge is -2.40. The van der Waals surface area contributed by atoms with Crippen molar-refractivity contribution in [1.82, 2.24) is 19.6 Å². The van der Waals surface area contributed by atoms with E-state index in [9.17, 15) is 28.7 Å². The van der Waals surface area contributed by atoms with Crippen molar-refractivity contribution in [1.29, 1.82) is 0 Å².